The Morgan fingerprint density at radius 3 is 2.70 bits per heavy atom. The highest BCUT2D eigenvalue weighted by atomic mass is 19.3. The number of allylic oxidation sites excluding steroid dienone is 4. The average molecular weight is 460 g/mol. The van der Waals surface area contributed by atoms with Crippen LogP contribution in [0.3, 0.4) is 0 Å². The molecule has 0 bridgehead atoms. The number of aromatic nitrogens is 1. The number of halogens is 2. The lowest BCUT2D eigenvalue weighted by atomic mass is 9.91. The Morgan fingerprint density at radius 2 is 2.06 bits per heavy atom. The number of nitrogens with one attached hydrogen (secondary N) is 1. The number of hydrogen-bond donors (Lipinski definition) is 1. The van der Waals surface area contributed by atoms with E-state index in [1.807, 2.05) is 45.2 Å². The first-order valence-corrected chi connectivity index (χ1v) is 11.4. The van der Waals surface area contributed by atoms with Crippen molar-refractivity contribution in [2.45, 2.75) is 66.2 Å². The molecule has 1 atom stereocenters. The fraction of sp³-hybridized carbons (Fsp3) is 0.500. The van der Waals surface area contributed by atoms with E-state index in [1.165, 1.54) is 0 Å². The number of carbonyl (C=O) groups excluding carboxylic acids is 1. The van der Waals surface area contributed by atoms with E-state index in [0.717, 1.165) is 53.9 Å². The molecule has 0 radical (unpaired) electrons. The SMILES string of the molecule is CCC(C=C(C(=O)NCC(F)F)c1ncc(C)cc1C)CCC1=NC=CCCC(OC)=C1C. The van der Waals surface area contributed by atoms with Gasteiger partial charge in [-0.05, 0) is 63.5 Å². The predicted octanol–water partition coefficient (Wildman–Crippen LogP) is 5.94. The lowest BCUT2D eigenvalue weighted by Crippen LogP contribution is -2.30. The highest BCUT2D eigenvalue weighted by molar-refractivity contribution is 6.19. The highest BCUT2D eigenvalue weighted by Crippen LogP contribution is 2.25. The van der Waals surface area contributed by atoms with Gasteiger partial charge in [0.25, 0.3) is 12.3 Å². The largest absolute Gasteiger partial charge is 0.501 e. The molecule has 2 rings (SSSR count). The summed E-state index contributed by atoms with van der Waals surface area (Å²) in [5, 5.41) is 2.34. The van der Waals surface area contributed by atoms with Crippen LogP contribution in [0.1, 0.15) is 62.8 Å². The van der Waals surface area contributed by atoms with E-state index < -0.39 is 18.9 Å². The van der Waals surface area contributed by atoms with Gasteiger partial charge in [-0.25, -0.2) is 8.78 Å². The summed E-state index contributed by atoms with van der Waals surface area (Å²) in [6.45, 7) is 7.18. The molecule has 0 fully saturated rings. The van der Waals surface area contributed by atoms with Crippen molar-refractivity contribution < 1.29 is 18.3 Å². The molecule has 7 heteroatoms. The summed E-state index contributed by atoms with van der Waals surface area (Å²) in [6.07, 6.45) is 8.80. The molecule has 0 saturated heterocycles. The van der Waals surface area contributed by atoms with Gasteiger partial charge in [0.05, 0.1) is 24.9 Å². The summed E-state index contributed by atoms with van der Waals surface area (Å²) in [4.78, 5) is 21.9. The molecule has 1 aromatic heterocycles. The van der Waals surface area contributed by atoms with E-state index in [-0.39, 0.29) is 5.92 Å². The van der Waals surface area contributed by atoms with E-state index in [2.05, 4.69) is 22.2 Å². The predicted molar refractivity (Wildman–Crippen MR) is 129 cm³/mol. The third-order valence-electron chi connectivity index (χ3n) is 5.78. The highest BCUT2D eigenvalue weighted by Gasteiger charge is 2.20. The normalized spacial score (nSPS) is 15.8. The molecule has 1 aliphatic rings. The van der Waals surface area contributed by atoms with Crippen LogP contribution in [0.5, 0.6) is 0 Å². The Morgan fingerprint density at radius 1 is 1.30 bits per heavy atom. The number of alkyl halides is 2. The van der Waals surface area contributed by atoms with Gasteiger partial charge in [0, 0.05) is 30.1 Å². The fourth-order valence-electron chi connectivity index (χ4n) is 3.87. The molecule has 1 unspecified atom stereocenters. The number of amides is 1. The van der Waals surface area contributed by atoms with Gasteiger partial charge in [-0.3, -0.25) is 14.8 Å². The summed E-state index contributed by atoms with van der Waals surface area (Å²) in [5.74, 6) is 0.459. The molecule has 0 saturated carbocycles. The molecular formula is C26H35F2N3O2. The molecule has 1 aromatic rings. The molecular weight excluding hydrogens is 424 g/mol. The molecule has 33 heavy (non-hydrogen) atoms. The number of aryl methyl sites for hydroxylation is 2. The number of aliphatic imine (C=N–C) groups is 1. The van der Waals surface area contributed by atoms with E-state index >= 15 is 0 Å². The lowest BCUT2D eigenvalue weighted by Gasteiger charge is -2.18. The molecule has 0 aromatic carbocycles. The minimum Gasteiger partial charge on any atom is -0.501 e. The first-order chi connectivity index (χ1) is 15.8. The zero-order valence-corrected chi connectivity index (χ0v) is 20.3. The topological polar surface area (TPSA) is 63.6 Å². The second-order valence-electron chi connectivity index (χ2n) is 8.32. The third-order valence-corrected chi connectivity index (χ3v) is 5.78. The summed E-state index contributed by atoms with van der Waals surface area (Å²) in [5.41, 5.74) is 4.68. The molecule has 1 aliphatic heterocycles. The Bertz CT molecular complexity index is 949. The quantitative estimate of drug-likeness (QED) is 0.441. The van der Waals surface area contributed by atoms with Crippen LogP contribution in [-0.2, 0) is 9.53 Å². The second-order valence-corrected chi connectivity index (χ2v) is 8.32. The van der Waals surface area contributed by atoms with Crippen molar-refractivity contribution in [2.24, 2.45) is 10.9 Å². The van der Waals surface area contributed by atoms with Crippen LogP contribution in [0.15, 0.2) is 46.9 Å². The van der Waals surface area contributed by atoms with E-state index in [9.17, 15) is 13.6 Å². The van der Waals surface area contributed by atoms with Crippen molar-refractivity contribution in [3.63, 3.8) is 0 Å². The van der Waals surface area contributed by atoms with Gasteiger partial charge in [0.2, 0.25) is 0 Å². The first kappa shape index (κ1) is 26.4. The third kappa shape index (κ3) is 7.91. The number of carbonyl (C=O) groups is 1. The Kier molecular flexibility index (Phi) is 10.4. The second kappa shape index (κ2) is 13.0. The molecule has 0 aliphatic carbocycles. The summed E-state index contributed by atoms with van der Waals surface area (Å²) in [6, 6.07) is 1.94. The molecule has 2 heterocycles. The van der Waals surface area contributed by atoms with Gasteiger partial charge in [-0.1, -0.05) is 25.1 Å². The number of nitrogens with zero attached hydrogens (tertiary/aromatic N) is 2. The lowest BCUT2D eigenvalue weighted by molar-refractivity contribution is -0.116. The van der Waals surface area contributed by atoms with Crippen LogP contribution in [0.25, 0.3) is 5.57 Å². The molecule has 1 amide bonds. The maximum Gasteiger partial charge on any atom is 0.255 e. The number of ether oxygens (including phenoxy) is 1. The van der Waals surface area contributed by atoms with Gasteiger partial charge in [-0.15, -0.1) is 0 Å². The summed E-state index contributed by atoms with van der Waals surface area (Å²) < 4.78 is 31.0. The Balaban J connectivity index is 2.32. The van der Waals surface area contributed by atoms with Crippen molar-refractivity contribution in [3.8, 4) is 0 Å². The molecule has 0 spiro atoms. The van der Waals surface area contributed by atoms with E-state index in [1.54, 1.807) is 13.3 Å². The van der Waals surface area contributed by atoms with Crippen LogP contribution in [0.4, 0.5) is 8.78 Å². The number of methoxy groups -OCH3 is 1. The van der Waals surface area contributed by atoms with Crippen molar-refractivity contribution in [2.75, 3.05) is 13.7 Å². The number of rotatable bonds is 10. The van der Waals surface area contributed by atoms with Crippen molar-refractivity contribution >= 4 is 17.2 Å². The van der Waals surface area contributed by atoms with Crippen LogP contribution < -0.4 is 5.32 Å². The van der Waals surface area contributed by atoms with E-state index in [0.29, 0.717) is 17.7 Å². The van der Waals surface area contributed by atoms with Gasteiger partial charge in [0.1, 0.15) is 5.76 Å². The molecule has 180 valence electrons. The van der Waals surface area contributed by atoms with Crippen LogP contribution in [0.2, 0.25) is 0 Å². The zero-order chi connectivity index (χ0) is 24.4. The zero-order valence-electron chi connectivity index (χ0n) is 20.3. The van der Waals surface area contributed by atoms with E-state index in [4.69, 9.17) is 4.74 Å². The van der Waals surface area contributed by atoms with Crippen molar-refractivity contribution in [3.05, 3.63) is 58.8 Å². The Labute approximate surface area is 195 Å². The number of hydrogen-bond acceptors (Lipinski definition) is 4. The van der Waals surface area contributed by atoms with Crippen LogP contribution in [-0.4, -0.2) is 36.7 Å². The maximum atomic E-state index is 12.9. The van der Waals surface area contributed by atoms with Gasteiger partial charge < -0.3 is 10.1 Å². The average Bonchev–Trinajstić information content (AvgIpc) is 2.77. The van der Waals surface area contributed by atoms with Crippen LogP contribution in [0, 0.1) is 19.8 Å². The minimum absolute atomic E-state index is 0.0516. The van der Waals surface area contributed by atoms with Gasteiger partial charge in [0.15, 0.2) is 0 Å². The molecule has 5 nitrogen and oxygen atoms in total. The first-order valence-electron chi connectivity index (χ1n) is 11.4. The maximum absolute atomic E-state index is 12.9. The molecule has 1 N–H and O–H groups in total. The Hall–Kier alpha value is -2.83. The minimum atomic E-state index is -2.61. The standard InChI is InChI=1S/C26H35F2N3O2/c1-6-20(10-11-22-19(4)23(33-5)9-7-8-12-29-22)14-21(26(32)31-16-24(27)28)25-18(3)13-17(2)15-30-25/h8,12-15,20,24H,6-7,9-11,16H2,1-5H3,(H,31,32). The van der Waals surface area contributed by atoms with Crippen molar-refractivity contribution in [1.82, 2.24) is 10.3 Å². The number of pyridine rings is 1. The smallest absolute Gasteiger partial charge is 0.255 e. The monoisotopic (exact) mass is 459 g/mol. The summed E-state index contributed by atoms with van der Waals surface area (Å²) >= 11 is 0. The fourth-order valence-corrected chi connectivity index (χ4v) is 3.87. The van der Waals surface area contributed by atoms with Gasteiger partial charge >= 0.3 is 0 Å². The summed E-state index contributed by atoms with van der Waals surface area (Å²) in [7, 11) is 1.68. The van der Waals surface area contributed by atoms with Gasteiger partial charge in [-0.2, -0.15) is 0 Å². The van der Waals surface area contributed by atoms with Crippen LogP contribution >= 0.6 is 0 Å². The van der Waals surface area contributed by atoms with Crippen molar-refractivity contribution in [1.29, 1.82) is 0 Å².